The number of hydrogen-bond donors (Lipinski definition) is 1. The fraction of sp³-hybridized carbons (Fsp3) is 0.450. The minimum atomic E-state index is -0.626. The predicted octanol–water partition coefficient (Wildman–Crippen LogP) is 2.97. The van der Waals surface area contributed by atoms with Crippen molar-refractivity contribution in [1.82, 2.24) is 5.32 Å². The summed E-state index contributed by atoms with van der Waals surface area (Å²) in [5.74, 6) is -0.506. The van der Waals surface area contributed by atoms with Crippen LogP contribution in [0.5, 0.6) is 0 Å². The predicted molar refractivity (Wildman–Crippen MR) is 104 cm³/mol. The Labute approximate surface area is 168 Å². The molecule has 1 saturated heterocycles. The van der Waals surface area contributed by atoms with E-state index in [4.69, 9.17) is 9.47 Å². The van der Waals surface area contributed by atoms with Crippen molar-refractivity contribution < 1.29 is 28.2 Å². The van der Waals surface area contributed by atoms with Gasteiger partial charge in [-0.2, -0.15) is 0 Å². The summed E-state index contributed by atoms with van der Waals surface area (Å²) in [6.45, 7) is 5.91. The van der Waals surface area contributed by atoms with Crippen LogP contribution >= 0.6 is 0 Å². The number of amides is 2. The van der Waals surface area contributed by atoms with Crippen molar-refractivity contribution >= 4 is 29.3 Å². The maximum atomic E-state index is 14.6. The van der Waals surface area contributed by atoms with Crippen molar-refractivity contribution in [3.8, 4) is 0 Å². The van der Waals surface area contributed by atoms with E-state index in [-0.39, 0.29) is 18.9 Å². The summed E-state index contributed by atoms with van der Waals surface area (Å²) in [6.07, 6.45) is 1.49. The van der Waals surface area contributed by atoms with E-state index in [0.29, 0.717) is 24.3 Å². The van der Waals surface area contributed by atoms with Gasteiger partial charge in [-0.3, -0.25) is 9.69 Å². The number of alkyl carbamates (subject to hydrolysis) is 1. The van der Waals surface area contributed by atoms with E-state index in [2.05, 4.69) is 5.32 Å². The molecule has 1 unspecified atom stereocenters. The molecule has 0 aromatic heterocycles. The van der Waals surface area contributed by atoms with Gasteiger partial charge in [0.1, 0.15) is 17.5 Å². The van der Waals surface area contributed by atoms with Crippen molar-refractivity contribution in [1.29, 1.82) is 0 Å². The summed E-state index contributed by atoms with van der Waals surface area (Å²) in [6, 6.07) is 4.43. The fourth-order valence-electron chi connectivity index (χ4n) is 3.01. The van der Waals surface area contributed by atoms with Crippen molar-refractivity contribution in [3.63, 3.8) is 0 Å². The molecule has 1 fully saturated rings. The van der Waals surface area contributed by atoms with E-state index in [1.807, 2.05) is 0 Å². The number of rotatable bonds is 4. The maximum Gasteiger partial charge on any atom is 0.414 e. The lowest BCUT2D eigenvalue weighted by atomic mass is 10.1. The van der Waals surface area contributed by atoms with Gasteiger partial charge in [0.15, 0.2) is 5.78 Å². The zero-order valence-electron chi connectivity index (χ0n) is 16.6. The zero-order valence-corrected chi connectivity index (χ0v) is 16.6. The second kappa shape index (κ2) is 8.10. The minimum Gasteiger partial charge on any atom is -0.444 e. The topological polar surface area (TPSA) is 88.2 Å². The lowest BCUT2D eigenvalue weighted by molar-refractivity contribution is -0.114. The second-order valence-corrected chi connectivity index (χ2v) is 7.86. The average molecular weight is 405 g/mol. The highest BCUT2D eigenvalue weighted by Crippen LogP contribution is 2.29. The van der Waals surface area contributed by atoms with Gasteiger partial charge in [-0.25, -0.2) is 14.0 Å². The van der Waals surface area contributed by atoms with E-state index in [1.54, 1.807) is 44.0 Å². The number of ether oxygens (including phenoxy) is 2. The van der Waals surface area contributed by atoms with Crippen molar-refractivity contribution in [2.75, 3.05) is 29.4 Å². The summed E-state index contributed by atoms with van der Waals surface area (Å²) in [5.41, 5.74) is 0.0553. The van der Waals surface area contributed by atoms with Gasteiger partial charge in [0, 0.05) is 19.2 Å². The molecule has 2 amide bonds. The molecule has 29 heavy (non-hydrogen) atoms. The Bertz CT molecular complexity index is 849. The maximum absolute atomic E-state index is 14.6. The van der Waals surface area contributed by atoms with Gasteiger partial charge in [0.05, 0.1) is 24.5 Å². The third-order valence-electron chi connectivity index (χ3n) is 4.34. The van der Waals surface area contributed by atoms with Crippen LogP contribution in [0.3, 0.4) is 0 Å². The fourth-order valence-corrected chi connectivity index (χ4v) is 3.01. The first kappa shape index (κ1) is 20.6. The van der Waals surface area contributed by atoms with Gasteiger partial charge in [0.25, 0.3) is 0 Å². The molecule has 3 rings (SSSR count). The number of nitrogens with zero attached hydrogens (tertiary/aromatic N) is 2. The van der Waals surface area contributed by atoms with Crippen LogP contribution in [0.1, 0.15) is 27.2 Å². The molecule has 9 heteroatoms. The second-order valence-electron chi connectivity index (χ2n) is 7.86. The minimum absolute atomic E-state index is 0.00382. The molecular formula is C20H24FN3O5. The number of anilines is 2. The molecule has 8 nitrogen and oxygen atoms in total. The van der Waals surface area contributed by atoms with Crippen molar-refractivity contribution in [3.05, 3.63) is 36.3 Å². The Morgan fingerprint density at radius 1 is 1.34 bits per heavy atom. The summed E-state index contributed by atoms with van der Waals surface area (Å²) in [4.78, 5) is 38.1. The van der Waals surface area contributed by atoms with Gasteiger partial charge in [-0.05, 0) is 45.0 Å². The first-order valence-electron chi connectivity index (χ1n) is 9.34. The van der Waals surface area contributed by atoms with Crippen LogP contribution in [-0.2, 0) is 14.3 Å². The molecule has 156 valence electrons. The molecule has 1 aromatic rings. The van der Waals surface area contributed by atoms with Crippen LogP contribution in [0.25, 0.3) is 0 Å². The average Bonchev–Trinajstić information content (AvgIpc) is 3.00. The molecule has 1 atom stereocenters. The van der Waals surface area contributed by atoms with Gasteiger partial charge in [-0.15, -0.1) is 0 Å². The van der Waals surface area contributed by atoms with E-state index >= 15 is 0 Å². The Kier molecular flexibility index (Phi) is 5.76. The SMILES string of the molecule is CC(C)(C)OC(=O)NCC1CN(c2ccc(N3C=CC(=O)CC3)c(F)c2)C(=O)O1. The summed E-state index contributed by atoms with van der Waals surface area (Å²) < 4.78 is 25.0. The Hall–Kier alpha value is -3.10. The highest BCUT2D eigenvalue weighted by molar-refractivity contribution is 5.92. The summed E-state index contributed by atoms with van der Waals surface area (Å²) in [5, 5.41) is 2.56. The first-order valence-corrected chi connectivity index (χ1v) is 9.34. The quantitative estimate of drug-likeness (QED) is 0.829. The molecule has 0 aliphatic carbocycles. The molecule has 0 bridgehead atoms. The van der Waals surface area contributed by atoms with E-state index < -0.39 is 29.7 Å². The Morgan fingerprint density at radius 2 is 2.10 bits per heavy atom. The van der Waals surface area contributed by atoms with E-state index in [0.717, 1.165) is 0 Å². The number of ketones is 1. The number of hydrogen-bond acceptors (Lipinski definition) is 6. The third-order valence-corrected chi connectivity index (χ3v) is 4.34. The molecule has 2 aliphatic heterocycles. The van der Waals surface area contributed by atoms with E-state index in [1.165, 1.54) is 17.0 Å². The number of nitrogens with one attached hydrogen (secondary N) is 1. The summed E-state index contributed by atoms with van der Waals surface area (Å²) >= 11 is 0. The standard InChI is InChI=1S/C20H24FN3O5/c1-20(2,3)29-18(26)22-11-15-12-24(19(27)28-15)13-4-5-17(16(21)10-13)23-8-6-14(25)7-9-23/h4-6,8,10,15H,7,9,11-12H2,1-3H3,(H,22,26). The largest absolute Gasteiger partial charge is 0.444 e. The number of cyclic esters (lactones) is 1. The molecule has 0 saturated carbocycles. The Balaban J connectivity index is 1.61. The highest BCUT2D eigenvalue weighted by atomic mass is 19.1. The van der Waals surface area contributed by atoms with Gasteiger partial charge >= 0.3 is 12.2 Å². The third kappa shape index (κ3) is 5.24. The van der Waals surface area contributed by atoms with Gasteiger partial charge in [0.2, 0.25) is 0 Å². The lowest BCUT2D eigenvalue weighted by Crippen LogP contribution is -2.38. The van der Waals surface area contributed by atoms with Crippen LogP contribution in [0.4, 0.5) is 25.4 Å². The van der Waals surface area contributed by atoms with Crippen LogP contribution in [-0.4, -0.2) is 49.3 Å². The summed E-state index contributed by atoms with van der Waals surface area (Å²) in [7, 11) is 0. The van der Waals surface area contributed by atoms with Crippen LogP contribution in [0.15, 0.2) is 30.5 Å². The molecule has 1 aromatic carbocycles. The smallest absolute Gasteiger partial charge is 0.414 e. The normalized spacial score (nSPS) is 19.4. The molecule has 1 N–H and O–H groups in total. The van der Waals surface area contributed by atoms with Crippen molar-refractivity contribution in [2.45, 2.75) is 38.9 Å². The number of allylic oxidation sites excluding steroid dienone is 1. The Morgan fingerprint density at radius 3 is 2.72 bits per heavy atom. The van der Waals surface area contributed by atoms with E-state index in [9.17, 15) is 18.8 Å². The van der Waals surface area contributed by atoms with Crippen LogP contribution in [0, 0.1) is 5.82 Å². The molecule has 0 radical (unpaired) electrons. The first-order chi connectivity index (χ1) is 13.6. The lowest BCUT2D eigenvalue weighted by Gasteiger charge is -2.24. The van der Waals surface area contributed by atoms with Gasteiger partial charge < -0.3 is 19.7 Å². The van der Waals surface area contributed by atoms with Gasteiger partial charge in [-0.1, -0.05) is 0 Å². The number of carbonyl (C=O) groups excluding carboxylic acids is 3. The number of halogens is 1. The highest BCUT2D eigenvalue weighted by Gasteiger charge is 2.33. The molecule has 2 heterocycles. The molecular weight excluding hydrogens is 381 g/mol. The van der Waals surface area contributed by atoms with Crippen molar-refractivity contribution in [2.24, 2.45) is 0 Å². The number of carbonyl (C=O) groups is 3. The monoisotopic (exact) mass is 405 g/mol. The van der Waals surface area contributed by atoms with Crippen LogP contribution in [0.2, 0.25) is 0 Å². The zero-order chi connectivity index (χ0) is 21.2. The van der Waals surface area contributed by atoms with Crippen LogP contribution < -0.4 is 15.1 Å². The number of benzene rings is 1. The molecule has 2 aliphatic rings. The molecule has 0 spiro atoms.